The summed E-state index contributed by atoms with van der Waals surface area (Å²) in [6.45, 7) is 11.0. The highest BCUT2D eigenvalue weighted by atomic mass is 16.4. The van der Waals surface area contributed by atoms with Crippen LogP contribution in [-0.2, 0) is 16.1 Å². The summed E-state index contributed by atoms with van der Waals surface area (Å²) in [5.74, 6) is -2.69. The topological polar surface area (TPSA) is 99.8 Å². The van der Waals surface area contributed by atoms with Crippen LogP contribution in [-0.4, -0.2) is 57.5 Å². The number of aldehydes is 1. The van der Waals surface area contributed by atoms with Crippen molar-refractivity contribution in [3.8, 4) is 0 Å². The molecular formula is C25H38N2O5. The number of aliphatic carboxylic acids is 2. The van der Waals surface area contributed by atoms with Crippen molar-refractivity contribution in [2.24, 2.45) is 5.92 Å². The standard InChI is InChI=1S/C21H30N2O.C2H2O4.C2H6/c1-2-3-7-18-10-14-22(15-11-18)12-6-13-23-16-19(17-24)20-8-4-5-9-21(20)23;3-1(4)2(5)6;1-2/h4-5,8-9,16-18H,2-3,6-7,10-15H2,1H3;(H,3,4)(H,5,6);1-2H3. The third-order valence-electron chi connectivity index (χ3n) is 5.68. The van der Waals surface area contributed by atoms with E-state index >= 15 is 0 Å². The number of carbonyl (C=O) groups is 3. The molecular weight excluding hydrogens is 408 g/mol. The minimum absolute atomic E-state index is 0.808. The minimum atomic E-state index is -1.82. The number of hydrogen-bond donors (Lipinski definition) is 2. The molecule has 7 nitrogen and oxygen atoms in total. The van der Waals surface area contributed by atoms with Gasteiger partial charge in [0.1, 0.15) is 0 Å². The lowest BCUT2D eigenvalue weighted by molar-refractivity contribution is -0.159. The van der Waals surface area contributed by atoms with Crippen LogP contribution in [0.25, 0.3) is 10.9 Å². The van der Waals surface area contributed by atoms with Crippen molar-refractivity contribution >= 4 is 29.1 Å². The summed E-state index contributed by atoms with van der Waals surface area (Å²) in [7, 11) is 0. The lowest BCUT2D eigenvalue weighted by Gasteiger charge is -2.32. The number of carboxylic acids is 2. The number of rotatable bonds is 8. The van der Waals surface area contributed by atoms with Gasteiger partial charge in [-0.1, -0.05) is 58.2 Å². The molecule has 178 valence electrons. The first-order valence-corrected chi connectivity index (χ1v) is 11.7. The van der Waals surface area contributed by atoms with Crippen LogP contribution in [0.3, 0.4) is 0 Å². The second kappa shape index (κ2) is 15.2. The molecule has 1 aromatic carbocycles. The zero-order valence-corrected chi connectivity index (χ0v) is 19.6. The Morgan fingerprint density at radius 2 is 1.66 bits per heavy atom. The zero-order chi connectivity index (χ0) is 23.9. The van der Waals surface area contributed by atoms with Gasteiger partial charge < -0.3 is 19.7 Å². The van der Waals surface area contributed by atoms with Crippen molar-refractivity contribution in [3.05, 3.63) is 36.0 Å². The van der Waals surface area contributed by atoms with Crippen LogP contribution >= 0.6 is 0 Å². The third kappa shape index (κ3) is 8.83. The number of aryl methyl sites for hydroxylation is 1. The van der Waals surface area contributed by atoms with Gasteiger partial charge in [-0.15, -0.1) is 0 Å². The van der Waals surface area contributed by atoms with E-state index in [0.717, 1.165) is 36.1 Å². The Bertz CT molecular complexity index is 826. The molecule has 32 heavy (non-hydrogen) atoms. The molecule has 1 aromatic heterocycles. The van der Waals surface area contributed by atoms with Gasteiger partial charge in [-0.05, 0) is 50.9 Å². The van der Waals surface area contributed by atoms with Gasteiger partial charge >= 0.3 is 11.9 Å². The molecule has 0 aliphatic carbocycles. The summed E-state index contributed by atoms with van der Waals surface area (Å²) in [5.41, 5.74) is 1.99. The average molecular weight is 447 g/mol. The Hall–Kier alpha value is -2.67. The minimum Gasteiger partial charge on any atom is -0.473 e. The average Bonchev–Trinajstić information content (AvgIpc) is 3.18. The molecule has 0 atom stereocenters. The van der Waals surface area contributed by atoms with Crippen LogP contribution in [0, 0.1) is 5.92 Å². The normalized spacial score (nSPS) is 14.1. The van der Waals surface area contributed by atoms with E-state index in [2.05, 4.69) is 28.5 Å². The first-order valence-electron chi connectivity index (χ1n) is 11.7. The lowest BCUT2D eigenvalue weighted by Crippen LogP contribution is -2.34. The lowest BCUT2D eigenvalue weighted by atomic mass is 9.91. The zero-order valence-electron chi connectivity index (χ0n) is 19.6. The maximum Gasteiger partial charge on any atom is 0.414 e. The quantitative estimate of drug-likeness (QED) is 0.441. The molecule has 2 heterocycles. The highest BCUT2D eigenvalue weighted by Gasteiger charge is 2.18. The predicted octanol–water partition coefficient (Wildman–Crippen LogP) is 4.93. The van der Waals surface area contributed by atoms with Gasteiger partial charge in [0, 0.05) is 29.2 Å². The fourth-order valence-electron chi connectivity index (χ4n) is 4.01. The molecule has 0 saturated carbocycles. The van der Waals surface area contributed by atoms with Gasteiger partial charge in [0.05, 0.1) is 0 Å². The van der Waals surface area contributed by atoms with Crippen LogP contribution in [0.15, 0.2) is 30.5 Å². The fraction of sp³-hybridized carbons (Fsp3) is 0.560. The summed E-state index contributed by atoms with van der Waals surface area (Å²) in [5, 5.41) is 15.9. The highest BCUT2D eigenvalue weighted by molar-refractivity contribution is 6.27. The summed E-state index contributed by atoms with van der Waals surface area (Å²) in [6.07, 6.45) is 11.0. The number of unbranched alkanes of at least 4 members (excludes halogenated alkanes) is 1. The van der Waals surface area contributed by atoms with Gasteiger partial charge in [-0.25, -0.2) is 9.59 Å². The number of nitrogens with zero attached hydrogens (tertiary/aromatic N) is 2. The molecule has 2 N–H and O–H groups in total. The summed E-state index contributed by atoms with van der Waals surface area (Å²) in [4.78, 5) is 32.1. The van der Waals surface area contributed by atoms with E-state index in [1.807, 2.05) is 32.2 Å². The van der Waals surface area contributed by atoms with Crippen molar-refractivity contribution in [1.29, 1.82) is 0 Å². The van der Waals surface area contributed by atoms with E-state index in [1.54, 1.807) is 0 Å². The SMILES string of the molecule is CC.CCCCC1CCN(CCCn2cc(C=O)c3ccccc32)CC1.O=C(O)C(=O)O. The van der Waals surface area contributed by atoms with E-state index in [-0.39, 0.29) is 0 Å². The Kier molecular flexibility index (Phi) is 13.0. The van der Waals surface area contributed by atoms with Crippen LogP contribution in [0.1, 0.15) is 69.7 Å². The van der Waals surface area contributed by atoms with Gasteiger partial charge in [0.25, 0.3) is 0 Å². The van der Waals surface area contributed by atoms with E-state index in [4.69, 9.17) is 19.8 Å². The number of hydrogen-bond acceptors (Lipinski definition) is 4. The largest absolute Gasteiger partial charge is 0.473 e. The molecule has 2 aromatic rings. The number of aromatic nitrogens is 1. The Morgan fingerprint density at radius 1 is 1.03 bits per heavy atom. The number of likely N-dealkylation sites (tertiary alicyclic amines) is 1. The highest BCUT2D eigenvalue weighted by Crippen LogP contribution is 2.23. The van der Waals surface area contributed by atoms with E-state index in [0.29, 0.717) is 0 Å². The number of benzene rings is 1. The molecule has 0 radical (unpaired) electrons. The Morgan fingerprint density at radius 3 is 2.22 bits per heavy atom. The van der Waals surface area contributed by atoms with Crippen LogP contribution in [0.5, 0.6) is 0 Å². The maximum absolute atomic E-state index is 11.2. The monoisotopic (exact) mass is 446 g/mol. The van der Waals surface area contributed by atoms with Gasteiger partial charge in [-0.2, -0.15) is 0 Å². The summed E-state index contributed by atoms with van der Waals surface area (Å²) < 4.78 is 2.24. The van der Waals surface area contributed by atoms with E-state index in [9.17, 15) is 4.79 Å². The molecule has 1 fully saturated rings. The first-order chi connectivity index (χ1) is 15.5. The molecule has 1 aliphatic rings. The molecule has 1 saturated heterocycles. The van der Waals surface area contributed by atoms with Gasteiger partial charge in [0.15, 0.2) is 6.29 Å². The number of fused-ring (bicyclic) bond motifs is 1. The van der Waals surface area contributed by atoms with Crippen molar-refractivity contribution in [2.45, 2.75) is 65.8 Å². The van der Waals surface area contributed by atoms with Crippen LogP contribution in [0.2, 0.25) is 0 Å². The first kappa shape index (κ1) is 27.4. The number of carboxylic acid groups (broad SMARTS) is 2. The van der Waals surface area contributed by atoms with E-state index in [1.165, 1.54) is 57.3 Å². The van der Waals surface area contributed by atoms with Gasteiger partial charge in [-0.3, -0.25) is 4.79 Å². The summed E-state index contributed by atoms with van der Waals surface area (Å²) >= 11 is 0. The molecule has 1 aliphatic heterocycles. The second-order valence-corrected chi connectivity index (χ2v) is 7.80. The molecule has 3 rings (SSSR count). The van der Waals surface area contributed by atoms with Gasteiger partial charge in [0.2, 0.25) is 0 Å². The maximum atomic E-state index is 11.2. The second-order valence-electron chi connectivity index (χ2n) is 7.80. The van der Waals surface area contributed by atoms with Crippen LogP contribution < -0.4 is 0 Å². The molecule has 0 amide bonds. The predicted molar refractivity (Wildman–Crippen MR) is 127 cm³/mol. The fourth-order valence-corrected chi connectivity index (χ4v) is 4.01. The molecule has 0 spiro atoms. The number of carbonyl (C=O) groups excluding carboxylic acids is 1. The van der Waals surface area contributed by atoms with Crippen molar-refractivity contribution in [1.82, 2.24) is 9.47 Å². The molecule has 0 bridgehead atoms. The Balaban J connectivity index is 0.000000556. The van der Waals surface area contributed by atoms with Crippen molar-refractivity contribution < 1.29 is 24.6 Å². The Labute approximate surface area is 191 Å². The number of piperidine rings is 1. The number of para-hydroxylation sites is 1. The summed E-state index contributed by atoms with van der Waals surface area (Å²) in [6, 6.07) is 8.20. The molecule has 7 heteroatoms. The third-order valence-corrected chi connectivity index (χ3v) is 5.68. The van der Waals surface area contributed by atoms with Crippen LogP contribution in [0.4, 0.5) is 0 Å². The van der Waals surface area contributed by atoms with Crippen molar-refractivity contribution in [3.63, 3.8) is 0 Å². The smallest absolute Gasteiger partial charge is 0.414 e. The molecule has 0 unspecified atom stereocenters. The van der Waals surface area contributed by atoms with E-state index < -0.39 is 11.9 Å². The van der Waals surface area contributed by atoms with Crippen molar-refractivity contribution in [2.75, 3.05) is 19.6 Å².